The zero-order valence-electron chi connectivity index (χ0n) is 19.4. The summed E-state index contributed by atoms with van der Waals surface area (Å²) < 4.78 is 1.76. The third-order valence-corrected chi connectivity index (χ3v) is 9.40. The van der Waals surface area contributed by atoms with Gasteiger partial charge in [-0.2, -0.15) is 0 Å². The lowest BCUT2D eigenvalue weighted by Crippen LogP contribution is -2.27. The molecule has 1 aliphatic rings. The van der Waals surface area contributed by atoms with Crippen molar-refractivity contribution in [3.63, 3.8) is 0 Å². The lowest BCUT2D eigenvalue weighted by Gasteiger charge is -2.33. The molecule has 176 valence electrons. The van der Waals surface area contributed by atoms with E-state index in [1.165, 1.54) is 22.2 Å². The molecule has 0 amide bonds. The van der Waals surface area contributed by atoms with Crippen LogP contribution in [0.5, 0.6) is 0 Å². The van der Waals surface area contributed by atoms with Gasteiger partial charge in [-0.3, -0.25) is 9.36 Å². The van der Waals surface area contributed by atoms with Gasteiger partial charge in [0.15, 0.2) is 5.16 Å². The topological polar surface area (TPSA) is 34.9 Å². The Morgan fingerprint density at radius 2 is 1.91 bits per heavy atom. The predicted molar refractivity (Wildman–Crippen MR) is 146 cm³/mol. The molecule has 2 heterocycles. The minimum atomic E-state index is 0.0163. The number of hydrogen-bond acceptors (Lipinski definition) is 4. The predicted octanol–water partition coefficient (Wildman–Crippen LogP) is 8.20. The molecule has 3 nitrogen and oxygen atoms in total. The van der Waals surface area contributed by atoms with Crippen molar-refractivity contribution in [2.45, 2.75) is 50.9 Å². The summed E-state index contributed by atoms with van der Waals surface area (Å²) >= 11 is 15.8. The first-order chi connectivity index (χ1) is 16.2. The fourth-order valence-electron chi connectivity index (χ4n) is 4.64. The summed E-state index contributed by atoms with van der Waals surface area (Å²) in [7, 11) is 0. The Hall–Kier alpha value is -1.79. The molecule has 1 unspecified atom stereocenters. The number of aromatic nitrogens is 2. The molecule has 0 N–H and O–H groups in total. The van der Waals surface area contributed by atoms with Gasteiger partial charge in [-0.1, -0.05) is 73.9 Å². The van der Waals surface area contributed by atoms with Crippen molar-refractivity contribution in [1.29, 1.82) is 0 Å². The smallest absolute Gasteiger partial charge is 0.267 e. The molecule has 0 saturated heterocycles. The molecule has 34 heavy (non-hydrogen) atoms. The third-order valence-electron chi connectivity index (χ3n) is 6.66. The second-order valence-electron chi connectivity index (χ2n) is 9.88. The van der Waals surface area contributed by atoms with E-state index in [4.69, 9.17) is 28.2 Å². The number of aryl methyl sites for hydroxylation is 1. The van der Waals surface area contributed by atoms with E-state index in [-0.39, 0.29) is 11.0 Å². The van der Waals surface area contributed by atoms with Crippen molar-refractivity contribution in [3.8, 4) is 5.69 Å². The van der Waals surface area contributed by atoms with Crippen molar-refractivity contribution in [2.75, 3.05) is 0 Å². The van der Waals surface area contributed by atoms with E-state index in [9.17, 15) is 4.79 Å². The van der Waals surface area contributed by atoms with Crippen LogP contribution in [0.25, 0.3) is 15.9 Å². The van der Waals surface area contributed by atoms with Gasteiger partial charge in [0.05, 0.1) is 11.1 Å². The molecule has 4 aromatic rings. The second-order valence-corrected chi connectivity index (χ2v) is 12.8. The van der Waals surface area contributed by atoms with Crippen LogP contribution in [0.2, 0.25) is 10.0 Å². The standard InChI is InChI=1S/C27H26Cl2N2OS2/c1-27(2,3)17-9-11-20-22(14-17)34-24-23(20)25(32)31(19-7-5-4-6-8-19)26(30-24)33-15-16-13-18(28)10-12-21(16)29/h4-8,10,12-13,17H,9,11,14-15H2,1-3H3. The monoisotopic (exact) mass is 528 g/mol. The summed E-state index contributed by atoms with van der Waals surface area (Å²) in [5.74, 6) is 1.18. The first kappa shape index (κ1) is 23.9. The summed E-state index contributed by atoms with van der Waals surface area (Å²) in [5, 5.41) is 2.77. The van der Waals surface area contributed by atoms with E-state index in [0.29, 0.717) is 26.9 Å². The van der Waals surface area contributed by atoms with E-state index in [1.807, 2.05) is 36.4 Å². The van der Waals surface area contributed by atoms with Crippen LogP contribution in [0.4, 0.5) is 0 Å². The van der Waals surface area contributed by atoms with Crippen molar-refractivity contribution in [2.24, 2.45) is 11.3 Å². The van der Waals surface area contributed by atoms with E-state index < -0.39 is 0 Å². The minimum absolute atomic E-state index is 0.0163. The van der Waals surface area contributed by atoms with Crippen LogP contribution in [0, 0.1) is 11.3 Å². The van der Waals surface area contributed by atoms with Crippen LogP contribution < -0.4 is 5.56 Å². The Morgan fingerprint density at radius 3 is 2.65 bits per heavy atom. The maximum Gasteiger partial charge on any atom is 0.267 e. The molecule has 0 radical (unpaired) electrons. The van der Waals surface area contributed by atoms with Crippen LogP contribution in [0.1, 0.15) is 43.2 Å². The number of fused-ring (bicyclic) bond motifs is 3. The lowest BCUT2D eigenvalue weighted by molar-refractivity contribution is 0.218. The van der Waals surface area contributed by atoms with E-state index in [0.717, 1.165) is 40.7 Å². The average molecular weight is 530 g/mol. The Balaban J connectivity index is 1.63. The number of benzene rings is 2. The Labute approximate surface area is 218 Å². The Bertz CT molecular complexity index is 1420. The van der Waals surface area contributed by atoms with Gasteiger partial charge in [-0.05, 0) is 72.1 Å². The van der Waals surface area contributed by atoms with Gasteiger partial charge < -0.3 is 0 Å². The first-order valence-electron chi connectivity index (χ1n) is 11.4. The Kier molecular flexibility index (Phi) is 6.58. The summed E-state index contributed by atoms with van der Waals surface area (Å²) in [6.07, 6.45) is 3.07. The van der Waals surface area contributed by atoms with Gasteiger partial charge in [0, 0.05) is 20.7 Å². The molecule has 7 heteroatoms. The molecule has 2 aromatic heterocycles. The molecule has 0 bridgehead atoms. The fourth-order valence-corrected chi connectivity index (χ4v) is 7.45. The molecular formula is C27H26Cl2N2OS2. The largest absolute Gasteiger partial charge is 0.268 e. The number of rotatable bonds is 4. The molecule has 1 atom stereocenters. The maximum atomic E-state index is 14.0. The quantitative estimate of drug-likeness (QED) is 0.197. The maximum absolute atomic E-state index is 14.0. The molecule has 1 aliphatic carbocycles. The van der Waals surface area contributed by atoms with E-state index >= 15 is 0 Å². The highest BCUT2D eigenvalue weighted by Gasteiger charge is 2.32. The van der Waals surface area contributed by atoms with Crippen LogP contribution in [0.15, 0.2) is 58.5 Å². The third kappa shape index (κ3) is 4.56. The summed E-state index contributed by atoms with van der Waals surface area (Å²) in [5.41, 5.74) is 3.22. The Morgan fingerprint density at radius 1 is 1.15 bits per heavy atom. The van der Waals surface area contributed by atoms with E-state index in [1.54, 1.807) is 28.0 Å². The summed E-state index contributed by atoms with van der Waals surface area (Å²) in [6, 6.07) is 15.2. The molecule has 0 fully saturated rings. The number of thiophene rings is 1. The molecule has 0 saturated carbocycles. The molecule has 5 rings (SSSR count). The van der Waals surface area contributed by atoms with Crippen LogP contribution in [-0.4, -0.2) is 9.55 Å². The van der Waals surface area contributed by atoms with Crippen molar-refractivity contribution in [3.05, 3.63) is 84.9 Å². The average Bonchev–Trinajstić information content (AvgIpc) is 3.17. The highest BCUT2D eigenvalue weighted by molar-refractivity contribution is 7.98. The first-order valence-corrected chi connectivity index (χ1v) is 14.0. The minimum Gasteiger partial charge on any atom is -0.268 e. The van der Waals surface area contributed by atoms with E-state index in [2.05, 4.69) is 20.8 Å². The normalized spacial score (nSPS) is 16.1. The highest BCUT2D eigenvalue weighted by atomic mass is 35.5. The summed E-state index contributed by atoms with van der Waals surface area (Å²) in [4.78, 5) is 21.2. The van der Waals surface area contributed by atoms with Crippen LogP contribution >= 0.6 is 46.3 Å². The van der Waals surface area contributed by atoms with Crippen LogP contribution in [0.3, 0.4) is 0 Å². The molecule has 0 aliphatic heterocycles. The molecule has 2 aromatic carbocycles. The van der Waals surface area contributed by atoms with Gasteiger partial charge in [0.2, 0.25) is 0 Å². The molecular weight excluding hydrogens is 503 g/mol. The zero-order chi connectivity index (χ0) is 24.0. The lowest BCUT2D eigenvalue weighted by atomic mass is 9.72. The highest BCUT2D eigenvalue weighted by Crippen LogP contribution is 2.42. The molecule has 0 spiro atoms. The van der Waals surface area contributed by atoms with Gasteiger partial charge in [-0.15, -0.1) is 11.3 Å². The number of para-hydroxylation sites is 1. The van der Waals surface area contributed by atoms with Crippen molar-refractivity contribution < 1.29 is 0 Å². The SMILES string of the molecule is CC(C)(C)C1CCc2c(sc3nc(SCc4cc(Cl)ccc4Cl)n(-c4ccccc4)c(=O)c23)C1. The van der Waals surface area contributed by atoms with Gasteiger partial charge >= 0.3 is 0 Å². The van der Waals surface area contributed by atoms with Crippen molar-refractivity contribution >= 4 is 56.5 Å². The fraction of sp³-hybridized carbons (Fsp3) is 0.333. The van der Waals surface area contributed by atoms with Crippen LogP contribution in [-0.2, 0) is 18.6 Å². The number of nitrogens with zero attached hydrogens (tertiary/aromatic N) is 2. The van der Waals surface area contributed by atoms with Gasteiger partial charge in [-0.25, -0.2) is 4.98 Å². The summed E-state index contributed by atoms with van der Waals surface area (Å²) in [6.45, 7) is 6.94. The van der Waals surface area contributed by atoms with Crippen molar-refractivity contribution in [1.82, 2.24) is 9.55 Å². The number of hydrogen-bond donors (Lipinski definition) is 0. The number of thioether (sulfide) groups is 1. The zero-order valence-corrected chi connectivity index (χ0v) is 22.5. The second kappa shape index (κ2) is 9.34. The van der Waals surface area contributed by atoms with Gasteiger partial charge in [0.1, 0.15) is 4.83 Å². The number of halogens is 2. The van der Waals surface area contributed by atoms with Gasteiger partial charge in [0.25, 0.3) is 5.56 Å².